The van der Waals surface area contributed by atoms with Gasteiger partial charge in [0.15, 0.2) is 0 Å². The molecule has 0 radical (unpaired) electrons. The summed E-state index contributed by atoms with van der Waals surface area (Å²) in [5.41, 5.74) is 1.73. The maximum atomic E-state index is 9.48. The number of nitrogens with one attached hydrogen (secondary N) is 2. The lowest BCUT2D eigenvalue weighted by Crippen LogP contribution is -2.46. The topological polar surface area (TPSA) is 75.8 Å². The minimum atomic E-state index is 0.0135. The minimum absolute atomic E-state index is 0.0135. The summed E-state index contributed by atoms with van der Waals surface area (Å²) in [6.07, 6.45) is 13.3. The van der Waals surface area contributed by atoms with Gasteiger partial charge in [-0.1, -0.05) is 16.8 Å². The highest BCUT2D eigenvalue weighted by atomic mass is 16.3. The molecule has 2 aliphatic rings. The molecule has 0 saturated heterocycles. The van der Waals surface area contributed by atoms with E-state index < -0.39 is 0 Å². The first-order valence-electron chi connectivity index (χ1n) is 7.89. The number of aliphatic hydroxyl groups excluding tert-OH is 1. The van der Waals surface area contributed by atoms with Crippen LogP contribution in [-0.4, -0.2) is 58.2 Å². The van der Waals surface area contributed by atoms with E-state index >= 15 is 0 Å². The van der Waals surface area contributed by atoms with Crippen molar-refractivity contribution >= 4 is 12.2 Å². The summed E-state index contributed by atoms with van der Waals surface area (Å²) < 4.78 is 1.89. The van der Waals surface area contributed by atoms with Crippen molar-refractivity contribution in [2.45, 2.75) is 0 Å². The molecule has 0 aliphatic carbocycles. The summed E-state index contributed by atoms with van der Waals surface area (Å²) >= 11 is 0. The number of allylic oxidation sites excluding steroid dienone is 3. The number of aromatic nitrogens is 1. The number of dihydropyridines is 1. The summed E-state index contributed by atoms with van der Waals surface area (Å²) in [6.45, 7) is 1.95. The van der Waals surface area contributed by atoms with Crippen molar-refractivity contribution < 1.29 is 9.79 Å². The van der Waals surface area contributed by atoms with Gasteiger partial charge in [0.2, 0.25) is 12.4 Å². The SMILES string of the molecule is OCCN(C1=NCCN1)[N+](C=C1C=CC=CN1)=Cc1ccccn1. The van der Waals surface area contributed by atoms with Crippen LogP contribution in [0.4, 0.5) is 0 Å². The second-order valence-corrected chi connectivity index (χ2v) is 5.19. The second-order valence-electron chi connectivity index (χ2n) is 5.19. The molecule has 0 unspecified atom stereocenters. The van der Waals surface area contributed by atoms with E-state index in [0.717, 1.165) is 30.4 Å². The number of rotatable bonds is 5. The highest BCUT2D eigenvalue weighted by Gasteiger charge is 2.24. The molecule has 7 heteroatoms. The van der Waals surface area contributed by atoms with E-state index in [4.69, 9.17) is 0 Å². The lowest BCUT2D eigenvalue weighted by atomic mass is 10.3. The molecule has 3 N–H and O–H groups in total. The van der Waals surface area contributed by atoms with Gasteiger partial charge < -0.3 is 15.7 Å². The minimum Gasteiger partial charge on any atom is -0.394 e. The van der Waals surface area contributed by atoms with Gasteiger partial charge in [-0.25, -0.2) is 4.99 Å². The molecule has 0 saturated carbocycles. The second kappa shape index (κ2) is 8.07. The van der Waals surface area contributed by atoms with Crippen LogP contribution >= 0.6 is 0 Å². The summed E-state index contributed by atoms with van der Waals surface area (Å²) in [5, 5.41) is 17.8. The maximum Gasteiger partial charge on any atom is 0.252 e. The molecule has 24 heavy (non-hydrogen) atoms. The van der Waals surface area contributed by atoms with Crippen LogP contribution in [0.25, 0.3) is 0 Å². The van der Waals surface area contributed by atoms with E-state index in [1.54, 1.807) is 6.20 Å². The molecule has 7 nitrogen and oxygen atoms in total. The van der Waals surface area contributed by atoms with Crippen molar-refractivity contribution in [2.24, 2.45) is 4.99 Å². The lowest BCUT2D eigenvalue weighted by molar-refractivity contribution is -0.607. The molecule has 0 spiro atoms. The van der Waals surface area contributed by atoms with Gasteiger partial charge in [0.1, 0.15) is 17.9 Å². The molecule has 124 valence electrons. The molecular formula is C17H21N6O+. The number of aliphatic hydroxyl groups is 1. The molecule has 0 atom stereocenters. The van der Waals surface area contributed by atoms with Crippen LogP contribution in [0.2, 0.25) is 0 Å². The van der Waals surface area contributed by atoms with Crippen molar-refractivity contribution in [3.8, 4) is 0 Å². The van der Waals surface area contributed by atoms with Crippen LogP contribution in [0.3, 0.4) is 0 Å². The Kier molecular flexibility index (Phi) is 5.36. The van der Waals surface area contributed by atoms with Gasteiger partial charge in [-0.2, -0.15) is 0 Å². The lowest BCUT2D eigenvalue weighted by Gasteiger charge is -2.18. The Morgan fingerprint density at radius 2 is 2.29 bits per heavy atom. The van der Waals surface area contributed by atoms with Gasteiger partial charge >= 0.3 is 0 Å². The zero-order valence-corrected chi connectivity index (χ0v) is 13.3. The Morgan fingerprint density at radius 1 is 1.33 bits per heavy atom. The quantitative estimate of drug-likeness (QED) is 0.410. The zero-order chi connectivity index (χ0) is 16.6. The number of hydrazine groups is 1. The van der Waals surface area contributed by atoms with E-state index in [9.17, 15) is 5.11 Å². The number of hydrogen-bond acceptors (Lipinski definition) is 6. The average Bonchev–Trinajstić information content (AvgIpc) is 3.15. The normalized spacial score (nSPS) is 18.3. The first-order valence-corrected chi connectivity index (χ1v) is 7.89. The summed E-state index contributed by atoms with van der Waals surface area (Å²) in [7, 11) is 0. The van der Waals surface area contributed by atoms with Crippen LogP contribution in [0, 0.1) is 0 Å². The van der Waals surface area contributed by atoms with E-state index in [1.807, 2.05) is 64.7 Å². The first kappa shape index (κ1) is 15.9. The van der Waals surface area contributed by atoms with Crippen molar-refractivity contribution in [1.82, 2.24) is 20.6 Å². The van der Waals surface area contributed by atoms with Crippen molar-refractivity contribution in [2.75, 3.05) is 26.2 Å². The third-order valence-electron chi connectivity index (χ3n) is 3.45. The van der Waals surface area contributed by atoms with Crippen LogP contribution in [0.5, 0.6) is 0 Å². The first-order chi connectivity index (χ1) is 11.9. The number of hydrazone groups is 1. The maximum absolute atomic E-state index is 9.48. The molecule has 0 amide bonds. The fourth-order valence-corrected chi connectivity index (χ4v) is 2.38. The summed E-state index contributed by atoms with van der Waals surface area (Å²) in [4.78, 5) is 8.82. The number of aliphatic imine (C=N–C) groups is 1. The number of pyridine rings is 1. The van der Waals surface area contributed by atoms with Crippen LogP contribution in [-0.2, 0) is 0 Å². The standard InChI is InChI=1S/C17H21N6O/c24-12-11-23(17-20-9-10-21-17)22(13-15-5-1-3-7-18-15)14-16-6-2-4-8-19-16/h1-8,13-14,18,24H,9-12H2,(H,20,21)/q+1. The van der Waals surface area contributed by atoms with Gasteiger partial charge in [-0.15, -0.1) is 5.01 Å². The number of guanidine groups is 1. The molecule has 3 heterocycles. The van der Waals surface area contributed by atoms with E-state index in [0.29, 0.717) is 6.54 Å². The Bertz CT molecular complexity index is 705. The summed E-state index contributed by atoms with van der Waals surface area (Å²) in [6, 6.07) is 5.74. The number of hydrogen-bond donors (Lipinski definition) is 3. The van der Waals surface area contributed by atoms with Gasteiger partial charge in [-0.05, 0) is 24.3 Å². The van der Waals surface area contributed by atoms with E-state index in [2.05, 4.69) is 20.6 Å². The fourth-order valence-electron chi connectivity index (χ4n) is 2.38. The largest absolute Gasteiger partial charge is 0.394 e. The molecule has 3 rings (SSSR count). The van der Waals surface area contributed by atoms with Crippen LogP contribution in [0.15, 0.2) is 65.7 Å². The fraction of sp³-hybridized carbons (Fsp3) is 0.235. The molecule has 0 bridgehead atoms. The Labute approximate surface area is 141 Å². The molecule has 0 fully saturated rings. The molecular weight excluding hydrogens is 304 g/mol. The van der Waals surface area contributed by atoms with Gasteiger partial charge in [-0.3, -0.25) is 4.98 Å². The van der Waals surface area contributed by atoms with Crippen molar-refractivity contribution in [1.29, 1.82) is 0 Å². The average molecular weight is 325 g/mol. The highest BCUT2D eigenvalue weighted by Crippen LogP contribution is 2.04. The molecule has 2 aliphatic heterocycles. The van der Waals surface area contributed by atoms with Gasteiger partial charge in [0, 0.05) is 18.9 Å². The molecule has 0 aromatic carbocycles. The third-order valence-corrected chi connectivity index (χ3v) is 3.45. The predicted molar refractivity (Wildman–Crippen MR) is 93.3 cm³/mol. The summed E-state index contributed by atoms with van der Waals surface area (Å²) in [5.74, 6) is 0.739. The van der Waals surface area contributed by atoms with E-state index in [1.165, 1.54) is 0 Å². The predicted octanol–water partition coefficient (Wildman–Crippen LogP) is 0.196. The van der Waals surface area contributed by atoms with Crippen LogP contribution < -0.4 is 10.6 Å². The van der Waals surface area contributed by atoms with Crippen molar-refractivity contribution in [3.05, 3.63) is 66.4 Å². The Morgan fingerprint density at radius 3 is 2.96 bits per heavy atom. The third kappa shape index (κ3) is 4.08. The number of nitrogens with zero attached hydrogens (tertiary/aromatic N) is 4. The van der Waals surface area contributed by atoms with E-state index in [-0.39, 0.29) is 6.61 Å². The monoisotopic (exact) mass is 325 g/mol. The van der Waals surface area contributed by atoms with Crippen LogP contribution in [0.1, 0.15) is 5.69 Å². The molecule has 1 aromatic rings. The Balaban J connectivity index is 1.97. The van der Waals surface area contributed by atoms with Gasteiger partial charge in [0.25, 0.3) is 5.96 Å². The Hall–Kier alpha value is -2.93. The van der Waals surface area contributed by atoms with Crippen molar-refractivity contribution in [3.63, 3.8) is 0 Å². The zero-order valence-electron chi connectivity index (χ0n) is 13.3. The molecule has 1 aromatic heterocycles. The van der Waals surface area contributed by atoms with Gasteiger partial charge in [0.05, 0.1) is 13.2 Å². The smallest absolute Gasteiger partial charge is 0.252 e. The highest BCUT2D eigenvalue weighted by molar-refractivity contribution is 5.81.